The van der Waals surface area contributed by atoms with Gasteiger partial charge in [-0.25, -0.2) is 9.48 Å². The SMILES string of the molecule is Cc1ccccc1-n1cc(C(=O)NCCc2c[nH]c3c(C(=O)O)cccc23)nn1. The van der Waals surface area contributed by atoms with Crippen molar-refractivity contribution in [1.82, 2.24) is 25.3 Å². The van der Waals surface area contributed by atoms with Gasteiger partial charge >= 0.3 is 5.97 Å². The molecule has 4 aromatic rings. The minimum Gasteiger partial charge on any atom is -0.478 e. The molecule has 8 nitrogen and oxygen atoms in total. The molecule has 1 amide bonds. The summed E-state index contributed by atoms with van der Waals surface area (Å²) >= 11 is 0. The Morgan fingerprint density at radius 3 is 2.79 bits per heavy atom. The summed E-state index contributed by atoms with van der Waals surface area (Å²) in [5.41, 5.74) is 3.89. The first-order valence-electron chi connectivity index (χ1n) is 9.13. The van der Waals surface area contributed by atoms with E-state index in [-0.39, 0.29) is 17.2 Å². The molecule has 0 saturated heterocycles. The Labute approximate surface area is 166 Å². The fourth-order valence-corrected chi connectivity index (χ4v) is 3.30. The molecule has 0 aliphatic heterocycles. The van der Waals surface area contributed by atoms with Crippen molar-refractivity contribution in [3.8, 4) is 5.69 Å². The summed E-state index contributed by atoms with van der Waals surface area (Å²) in [7, 11) is 0. The van der Waals surface area contributed by atoms with Gasteiger partial charge in [0.15, 0.2) is 5.69 Å². The van der Waals surface area contributed by atoms with Crippen LogP contribution in [-0.4, -0.2) is 43.5 Å². The van der Waals surface area contributed by atoms with Crippen LogP contribution in [-0.2, 0) is 6.42 Å². The number of aromatic carboxylic acids is 1. The van der Waals surface area contributed by atoms with E-state index in [1.807, 2.05) is 37.3 Å². The number of para-hydroxylation sites is 2. The number of nitrogens with one attached hydrogen (secondary N) is 2. The third kappa shape index (κ3) is 3.60. The van der Waals surface area contributed by atoms with Gasteiger partial charge in [0.1, 0.15) is 0 Å². The lowest BCUT2D eigenvalue weighted by atomic mass is 10.1. The maximum Gasteiger partial charge on any atom is 0.337 e. The minimum atomic E-state index is -0.978. The molecule has 4 rings (SSSR count). The molecule has 29 heavy (non-hydrogen) atoms. The van der Waals surface area contributed by atoms with Gasteiger partial charge in [-0.15, -0.1) is 5.10 Å². The zero-order chi connectivity index (χ0) is 20.4. The Bertz CT molecular complexity index is 1210. The van der Waals surface area contributed by atoms with Gasteiger partial charge in [0.25, 0.3) is 5.91 Å². The van der Waals surface area contributed by atoms with Gasteiger partial charge in [0.05, 0.1) is 23.0 Å². The summed E-state index contributed by atoms with van der Waals surface area (Å²) in [6.07, 6.45) is 3.93. The molecule has 0 unspecified atom stereocenters. The Kier molecular flexibility index (Phi) is 4.82. The number of carbonyl (C=O) groups excluding carboxylic acids is 1. The molecule has 2 aromatic carbocycles. The zero-order valence-electron chi connectivity index (χ0n) is 15.7. The molecule has 146 valence electrons. The average Bonchev–Trinajstić information content (AvgIpc) is 3.36. The van der Waals surface area contributed by atoms with Gasteiger partial charge in [-0.3, -0.25) is 4.79 Å². The topological polar surface area (TPSA) is 113 Å². The first kappa shape index (κ1) is 18.4. The highest BCUT2D eigenvalue weighted by Crippen LogP contribution is 2.22. The number of hydrogen-bond donors (Lipinski definition) is 3. The van der Waals surface area contributed by atoms with E-state index in [9.17, 15) is 14.7 Å². The molecule has 0 radical (unpaired) electrons. The van der Waals surface area contributed by atoms with Crippen LogP contribution in [0.2, 0.25) is 0 Å². The number of aromatic nitrogens is 4. The van der Waals surface area contributed by atoms with Gasteiger partial charge < -0.3 is 15.4 Å². The fraction of sp³-hybridized carbons (Fsp3) is 0.143. The highest BCUT2D eigenvalue weighted by atomic mass is 16.4. The maximum absolute atomic E-state index is 12.4. The number of rotatable bonds is 6. The van der Waals surface area contributed by atoms with Gasteiger partial charge in [0, 0.05) is 18.1 Å². The number of aryl methyl sites for hydroxylation is 1. The first-order valence-corrected chi connectivity index (χ1v) is 9.13. The molecular formula is C21H19N5O3. The summed E-state index contributed by atoms with van der Waals surface area (Å²) in [4.78, 5) is 26.7. The van der Waals surface area contributed by atoms with Crippen LogP contribution >= 0.6 is 0 Å². The molecule has 0 aliphatic rings. The third-order valence-electron chi connectivity index (χ3n) is 4.80. The van der Waals surface area contributed by atoms with Crippen molar-refractivity contribution in [3.05, 3.63) is 77.2 Å². The van der Waals surface area contributed by atoms with Gasteiger partial charge in [-0.1, -0.05) is 35.5 Å². The lowest BCUT2D eigenvalue weighted by Gasteiger charge is -2.04. The molecule has 0 bridgehead atoms. The number of carboxylic acids is 1. The molecule has 8 heteroatoms. The number of carbonyl (C=O) groups is 2. The monoisotopic (exact) mass is 389 g/mol. The number of nitrogens with zero attached hydrogens (tertiary/aromatic N) is 3. The second-order valence-electron chi connectivity index (χ2n) is 6.69. The van der Waals surface area contributed by atoms with Crippen LogP contribution < -0.4 is 5.32 Å². The molecule has 0 aliphatic carbocycles. The van der Waals surface area contributed by atoms with E-state index in [0.29, 0.717) is 18.5 Å². The molecule has 2 aromatic heterocycles. The number of aromatic amines is 1. The van der Waals surface area contributed by atoms with E-state index < -0.39 is 5.97 Å². The largest absolute Gasteiger partial charge is 0.478 e. The Morgan fingerprint density at radius 1 is 1.17 bits per heavy atom. The minimum absolute atomic E-state index is 0.227. The van der Waals surface area contributed by atoms with Gasteiger partial charge in [-0.2, -0.15) is 0 Å². The number of benzene rings is 2. The van der Waals surface area contributed by atoms with E-state index in [0.717, 1.165) is 22.2 Å². The van der Waals surface area contributed by atoms with Crippen molar-refractivity contribution in [2.24, 2.45) is 0 Å². The molecule has 0 saturated carbocycles. The van der Waals surface area contributed by atoms with Crippen molar-refractivity contribution in [1.29, 1.82) is 0 Å². The third-order valence-corrected chi connectivity index (χ3v) is 4.80. The standard InChI is InChI=1S/C21H19N5O3/c1-13-5-2-3-8-18(13)26-12-17(24-25-26)20(27)22-10-9-14-11-23-19-15(14)6-4-7-16(19)21(28)29/h2-8,11-12,23H,9-10H2,1H3,(H,22,27)(H,28,29). The Hall–Kier alpha value is -3.94. The lowest BCUT2D eigenvalue weighted by Crippen LogP contribution is -2.26. The smallest absolute Gasteiger partial charge is 0.337 e. The van der Waals surface area contributed by atoms with Gasteiger partial charge in [0.2, 0.25) is 0 Å². The number of amides is 1. The van der Waals surface area contributed by atoms with Crippen molar-refractivity contribution in [2.75, 3.05) is 6.54 Å². The predicted octanol–water partition coefficient (Wildman–Crippen LogP) is 2.73. The van der Waals surface area contributed by atoms with E-state index in [2.05, 4.69) is 20.6 Å². The van der Waals surface area contributed by atoms with Crippen LogP contribution in [0.3, 0.4) is 0 Å². The lowest BCUT2D eigenvalue weighted by molar-refractivity contribution is 0.0698. The van der Waals surface area contributed by atoms with Gasteiger partial charge in [-0.05, 0) is 36.6 Å². The second kappa shape index (κ2) is 7.59. The number of carboxylic acid groups (broad SMARTS) is 1. The molecule has 2 heterocycles. The van der Waals surface area contributed by atoms with Crippen LogP contribution in [0.5, 0.6) is 0 Å². The summed E-state index contributed by atoms with van der Waals surface area (Å²) < 4.78 is 1.58. The van der Waals surface area contributed by atoms with Crippen LogP contribution in [0.15, 0.2) is 54.9 Å². The van der Waals surface area contributed by atoms with Crippen molar-refractivity contribution < 1.29 is 14.7 Å². The maximum atomic E-state index is 12.4. The summed E-state index contributed by atoms with van der Waals surface area (Å²) in [5.74, 6) is -1.29. The van der Waals surface area contributed by atoms with E-state index in [4.69, 9.17) is 0 Å². The Balaban J connectivity index is 1.42. The molecule has 3 N–H and O–H groups in total. The molecule has 0 atom stereocenters. The van der Waals surface area contributed by atoms with Crippen LogP contribution in [0.1, 0.15) is 32.0 Å². The van der Waals surface area contributed by atoms with Crippen molar-refractivity contribution in [2.45, 2.75) is 13.3 Å². The summed E-state index contributed by atoms with van der Waals surface area (Å²) in [6.45, 7) is 2.36. The zero-order valence-corrected chi connectivity index (χ0v) is 15.7. The van der Waals surface area contributed by atoms with E-state index >= 15 is 0 Å². The highest BCUT2D eigenvalue weighted by Gasteiger charge is 2.14. The quantitative estimate of drug-likeness (QED) is 0.469. The highest BCUT2D eigenvalue weighted by molar-refractivity contribution is 6.03. The van der Waals surface area contributed by atoms with E-state index in [1.165, 1.54) is 0 Å². The number of fused-ring (bicyclic) bond motifs is 1. The van der Waals surface area contributed by atoms with Crippen LogP contribution in [0.4, 0.5) is 0 Å². The number of H-pyrrole nitrogens is 1. The van der Waals surface area contributed by atoms with Crippen LogP contribution in [0.25, 0.3) is 16.6 Å². The summed E-state index contributed by atoms with van der Waals surface area (Å²) in [6, 6.07) is 12.9. The summed E-state index contributed by atoms with van der Waals surface area (Å²) in [5, 5.41) is 20.9. The second-order valence-corrected chi connectivity index (χ2v) is 6.69. The molecule has 0 fully saturated rings. The normalized spacial score (nSPS) is 10.9. The average molecular weight is 389 g/mol. The molecular weight excluding hydrogens is 370 g/mol. The molecule has 0 spiro atoms. The van der Waals surface area contributed by atoms with Crippen molar-refractivity contribution in [3.63, 3.8) is 0 Å². The van der Waals surface area contributed by atoms with Crippen molar-refractivity contribution >= 4 is 22.8 Å². The fourth-order valence-electron chi connectivity index (χ4n) is 3.30. The Morgan fingerprint density at radius 2 is 2.00 bits per heavy atom. The predicted molar refractivity (Wildman–Crippen MR) is 107 cm³/mol. The van der Waals surface area contributed by atoms with Crippen LogP contribution in [0, 0.1) is 6.92 Å². The first-order chi connectivity index (χ1) is 14.0. The van der Waals surface area contributed by atoms with E-state index in [1.54, 1.807) is 29.2 Å². The number of hydrogen-bond acceptors (Lipinski definition) is 4.